The summed E-state index contributed by atoms with van der Waals surface area (Å²) in [6.07, 6.45) is 1.52. The minimum atomic E-state index is -0.644. The Kier molecular flexibility index (Phi) is 6.73. The summed E-state index contributed by atoms with van der Waals surface area (Å²) in [6.45, 7) is 2.17. The molecule has 10 heteroatoms. The summed E-state index contributed by atoms with van der Waals surface area (Å²) in [6, 6.07) is 6.16. The lowest BCUT2D eigenvalue weighted by Gasteiger charge is -2.12. The summed E-state index contributed by atoms with van der Waals surface area (Å²) in [5, 5.41) is -0.115. The zero-order valence-electron chi connectivity index (χ0n) is 16.4. The number of hydrogen-bond acceptors (Lipinski definition) is 8. The van der Waals surface area contributed by atoms with E-state index in [1.807, 2.05) is 6.92 Å². The molecule has 1 aliphatic rings. The predicted molar refractivity (Wildman–Crippen MR) is 111 cm³/mol. The number of carbonyl (C=O) groups is 3. The van der Waals surface area contributed by atoms with Crippen LogP contribution in [0.1, 0.15) is 28.8 Å². The van der Waals surface area contributed by atoms with E-state index in [1.54, 1.807) is 12.1 Å². The average Bonchev–Trinajstić information content (AvgIpc) is 3.30. The Bertz CT molecular complexity index is 1030. The maximum absolute atomic E-state index is 12.7. The van der Waals surface area contributed by atoms with Gasteiger partial charge in [-0.05, 0) is 48.5 Å². The number of hydrogen-bond donors (Lipinski definition) is 0. The quantitative estimate of drug-likeness (QED) is 0.452. The fraction of sp³-hybridized carbons (Fsp3) is 0.250. The number of carbonyl (C=O) groups excluding carboxylic acids is 3. The average molecular weight is 452 g/mol. The molecule has 1 saturated heterocycles. The monoisotopic (exact) mass is 451 g/mol. The highest BCUT2D eigenvalue weighted by atomic mass is 35.5. The van der Waals surface area contributed by atoms with Crippen LogP contribution in [0.2, 0.25) is 5.02 Å². The third-order valence-electron chi connectivity index (χ3n) is 4.11. The number of furan rings is 1. The van der Waals surface area contributed by atoms with Crippen molar-refractivity contribution in [2.24, 2.45) is 0 Å². The van der Waals surface area contributed by atoms with Crippen molar-refractivity contribution in [2.45, 2.75) is 13.5 Å². The van der Waals surface area contributed by atoms with Crippen LogP contribution in [-0.4, -0.2) is 42.8 Å². The highest BCUT2D eigenvalue weighted by molar-refractivity contribution is 8.18. The lowest BCUT2D eigenvalue weighted by atomic mass is 10.1. The van der Waals surface area contributed by atoms with Gasteiger partial charge in [0.2, 0.25) is 5.76 Å². The van der Waals surface area contributed by atoms with Crippen molar-refractivity contribution >= 4 is 46.6 Å². The van der Waals surface area contributed by atoms with Gasteiger partial charge in [-0.15, -0.1) is 0 Å². The van der Waals surface area contributed by atoms with Gasteiger partial charge in [-0.1, -0.05) is 11.6 Å². The summed E-state index contributed by atoms with van der Waals surface area (Å²) in [7, 11) is 2.72. The number of amides is 2. The van der Waals surface area contributed by atoms with Gasteiger partial charge in [-0.25, -0.2) is 4.79 Å². The first-order valence-corrected chi connectivity index (χ1v) is 10.00. The summed E-state index contributed by atoms with van der Waals surface area (Å²) in [5.41, 5.74) is 0.508. The lowest BCUT2D eigenvalue weighted by molar-refractivity contribution is -0.123. The van der Waals surface area contributed by atoms with Crippen LogP contribution in [0, 0.1) is 0 Å². The Balaban J connectivity index is 1.83. The van der Waals surface area contributed by atoms with E-state index in [4.69, 9.17) is 25.5 Å². The Labute approximate surface area is 181 Å². The molecule has 0 N–H and O–H groups in total. The van der Waals surface area contributed by atoms with Gasteiger partial charge in [0.15, 0.2) is 11.5 Å². The zero-order chi connectivity index (χ0) is 21.8. The van der Waals surface area contributed by atoms with E-state index in [0.29, 0.717) is 28.7 Å². The molecule has 1 aliphatic heterocycles. The molecule has 2 aromatic rings. The maximum atomic E-state index is 12.7. The molecule has 158 valence electrons. The molecule has 8 nitrogen and oxygen atoms in total. The minimum absolute atomic E-state index is 0.0109. The zero-order valence-corrected chi connectivity index (χ0v) is 18.0. The van der Waals surface area contributed by atoms with Crippen LogP contribution in [0.25, 0.3) is 6.08 Å². The smallest absolute Gasteiger partial charge is 0.373 e. The Morgan fingerprint density at radius 3 is 2.67 bits per heavy atom. The van der Waals surface area contributed by atoms with E-state index in [1.165, 1.54) is 32.4 Å². The number of ether oxygens (including phenoxy) is 3. The van der Waals surface area contributed by atoms with Gasteiger partial charge in [0.05, 0.1) is 37.3 Å². The normalized spacial score (nSPS) is 15.1. The second-order valence-electron chi connectivity index (χ2n) is 5.98. The van der Waals surface area contributed by atoms with Gasteiger partial charge in [0.1, 0.15) is 5.76 Å². The van der Waals surface area contributed by atoms with E-state index in [2.05, 4.69) is 4.74 Å². The second kappa shape index (κ2) is 9.27. The highest BCUT2D eigenvalue weighted by Gasteiger charge is 2.36. The molecule has 1 fully saturated rings. The summed E-state index contributed by atoms with van der Waals surface area (Å²) in [5.74, 6) is 0.0643. The molecule has 0 saturated carbocycles. The molecule has 0 radical (unpaired) electrons. The van der Waals surface area contributed by atoms with Crippen molar-refractivity contribution < 1.29 is 33.0 Å². The standard InChI is InChI=1S/C20H18ClNO7S/c1-4-28-16-9-13(21)11(7-15(16)26-2)8-17-18(23)22(20(25)30-17)10-12-5-6-14(29-12)19(24)27-3/h5-9H,4,10H2,1-3H3. The van der Waals surface area contributed by atoms with Crippen molar-refractivity contribution in [3.05, 3.63) is 51.3 Å². The first-order chi connectivity index (χ1) is 14.4. The number of rotatable bonds is 7. The van der Waals surface area contributed by atoms with Crippen molar-refractivity contribution in [1.82, 2.24) is 4.90 Å². The number of thioether (sulfide) groups is 1. The molecule has 0 bridgehead atoms. The molecule has 3 rings (SSSR count). The number of imide groups is 1. The molecular formula is C20H18ClNO7S. The van der Waals surface area contributed by atoms with E-state index in [-0.39, 0.29) is 23.0 Å². The number of nitrogens with zero attached hydrogens (tertiary/aromatic N) is 1. The minimum Gasteiger partial charge on any atom is -0.493 e. The van der Waals surface area contributed by atoms with Crippen LogP contribution in [0.15, 0.2) is 33.6 Å². The summed E-state index contributed by atoms with van der Waals surface area (Å²) in [4.78, 5) is 37.8. The van der Waals surface area contributed by atoms with Crippen molar-refractivity contribution in [2.75, 3.05) is 20.8 Å². The Hall–Kier alpha value is -2.91. The van der Waals surface area contributed by atoms with Crippen LogP contribution in [0.5, 0.6) is 11.5 Å². The second-order valence-corrected chi connectivity index (χ2v) is 7.38. The van der Waals surface area contributed by atoms with Gasteiger partial charge in [-0.3, -0.25) is 14.5 Å². The van der Waals surface area contributed by atoms with Gasteiger partial charge in [-0.2, -0.15) is 0 Å². The maximum Gasteiger partial charge on any atom is 0.373 e. The summed E-state index contributed by atoms with van der Waals surface area (Å²) >= 11 is 7.10. The molecule has 0 atom stereocenters. The topological polar surface area (TPSA) is 95.3 Å². The fourth-order valence-electron chi connectivity index (χ4n) is 2.70. The highest BCUT2D eigenvalue weighted by Crippen LogP contribution is 2.38. The van der Waals surface area contributed by atoms with Gasteiger partial charge >= 0.3 is 5.97 Å². The third kappa shape index (κ3) is 4.47. The van der Waals surface area contributed by atoms with Crippen LogP contribution in [0.3, 0.4) is 0 Å². The van der Waals surface area contributed by atoms with E-state index < -0.39 is 17.1 Å². The number of halogens is 1. The molecule has 1 aromatic heterocycles. The molecular weight excluding hydrogens is 434 g/mol. The Morgan fingerprint density at radius 1 is 1.23 bits per heavy atom. The van der Waals surface area contributed by atoms with Crippen LogP contribution in [0.4, 0.5) is 4.79 Å². The van der Waals surface area contributed by atoms with Crippen LogP contribution < -0.4 is 9.47 Å². The SMILES string of the molecule is CCOc1cc(Cl)c(C=C2SC(=O)N(Cc3ccc(C(=O)OC)o3)C2=O)cc1OC. The molecule has 0 unspecified atom stereocenters. The first-order valence-electron chi connectivity index (χ1n) is 8.80. The van der Waals surface area contributed by atoms with E-state index in [0.717, 1.165) is 16.7 Å². The summed E-state index contributed by atoms with van der Waals surface area (Å²) < 4.78 is 20.7. The first kappa shape index (κ1) is 21.8. The molecule has 2 heterocycles. The van der Waals surface area contributed by atoms with Crippen molar-refractivity contribution in [1.29, 1.82) is 0 Å². The van der Waals surface area contributed by atoms with Gasteiger partial charge < -0.3 is 18.6 Å². The lowest BCUT2D eigenvalue weighted by Crippen LogP contribution is -2.27. The van der Waals surface area contributed by atoms with E-state index in [9.17, 15) is 14.4 Å². The predicted octanol–water partition coefficient (Wildman–Crippen LogP) is 4.36. The molecule has 30 heavy (non-hydrogen) atoms. The molecule has 0 spiro atoms. The van der Waals surface area contributed by atoms with E-state index >= 15 is 0 Å². The van der Waals surface area contributed by atoms with Gasteiger partial charge in [0, 0.05) is 6.07 Å². The largest absolute Gasteiger partial charge is 0.493 e. The fourth-order valence-corrected chi connectivity index (χ4v) is 3.73. The van der Waals surface area contributed by atoms with Gasteiger partial charge in [0.25, 0.3) is 11.1 Å². The third-order valence-corrected chi connectivity index (χ3v) is 5.34. The Morgan fingerprint density at radius 2 is 2.00 bits per heavy atom. The number of benzene rings is 1. The number of methoxy groups -OCH3 is 2. The van der Waals surface area contributed by atoms with Crippen LogP contribution in [-0.2, 0) is 16.1 Å². The molecule has 0 aliphatic carbocycles. The van der Waals surface area contributed by atoms with Crippen molar-refractivity contribution in [3.63, 3.8) is 0 Å². The molecule has 2 amide bonds. The molecule has 1 aromatic carbocycles. The van der Waals surface area contributed by atoms with Crippen LogP contribution >= 0.6 is 23.4 Å². The van der Waals surface area contributed by atoms with Crippen molar-refractivity contribution in [3.8, 4) is 11.5 Å². The number of esters is 1.